The van der Waals surface area contributed by atoms with E-state index in [-0.39, 0.29) is 29.5 Å². The number of hydrogen-bond donors (Lipinski definition) is 1. The van der Waals surface area contributed by atoms with Crippen molar-refractivity contribution < 1.29 is 23.5 Å². The normalized spacial score (nSPS) is 10.2. The Morgan fingerprint density at radius 2 is 1.88 bits per heavy atom. The lowest BCUT2D eigenvalue weighted by Crippen LogP contribution is -2.30. The van der Waals surface area contributed by atoms with Gasteiger partial charge < -0.3 is 14.8 Å². The molecule has 1 N–H and O–H groups in total. The van der Waals surface area contributed by atoms with Crippen molar-refractivity contribution in [3.8, 4) is 5.75 Å². The van der Waals surface area contributed by atoms with Crippen molar-refractivity contribution in [2.45, 2.75) is 6.61 Å². The number of nitrogens with one attached hydrogen (secondary N) is 1. The van der Waals surface area contributed by atoms with Gasteiger partial charge in [-0.3, -0.25) is 9.59 Å². The standard InChI is InChI=1S/C17H14Cl2FNO4/c1-24-15-5-2-10(6-14(15)20)9-25-16(22)8-21-17(23)11-3-4-12(18)13(19)7-11/h2-7H,8-9H2,1H3,(H,21,23). The molecule has 0 atom stereocenters. The zero-order chi connectivity index (χ0) is 18.4. The number of carbonyl (C=O) groups excluding carboxylic acids is 2. The molecule has 1 amide bonds. The summed E-state index contributed by atoms with van der Waals surface area (Å²) < 4.78 is 23.3. The summed E-state index contributed by atoms with van der Waals surface area (Å²) in [6, 6.07) is 8.57. The lowest BCUT2D eigenvalue weighted by atomic mass is 10.2. The fourth-order valence-corrected chi connectivity index (χ4v) is 2.20. The van der Waals surface area contributed by atoms with E-state index in [4.69, 9.17) is 32.7 Å². The van der Waals surface area contributed by atoms with Crippen molar-refractivity contribution in [2.24, 2.45) is 0 Å². The Kier molecular flexibility index (Phi) is 6.61. The maximum absolute atomic E-state index is 13.5. The van der Waals surface area contributed by atoms with Crippen LogP contribution in [0, 0.1) is 5.82 Å². The van der Waals surface area contributed by atoms with Crippen LogP contribution in [0.1, 0.15) is 15.9 Å². The molecule has 132 valence electrons. The maximum atomic E-state index is 13.5. The van der Waals surface area contributed by atoms with Crippen LogP contribution in [0.2, 0.25) is 10.0 Å². The highest BCUT2D eigenvalue weighted by Gasteiger charge is 2.11. The van der Waals surface area contributed by atoms with Gasteiger partial charge in [0.05, 0.1) is 17.2 Å². The van der Waals surface area contributed by atoms with Gasteiger partial charge in [-0.2, -0.15) is 0 Å². The molecule has 0 aliphatic carbocycles. The first kappa shape index (κ1) is 19.0. The van der Waals surface area contributed by atoms with E-state index in [9.17, 15) is 14.0 Å². The molecule has 2 aromatic carbocycles. The molecule has 2 aromatic rings. The first-order chi connectivity index (χ1) is 11.9. The third kappa shape index (κ3) is 5.34. The fraction of sp³-hybridized carbons (Fsp3) is 0.176. The number of benzene rings is 2. The number of methoxy groups -OCH3 is 1. The number of halogens is 3. The van der Waals surface area contributed by atoms with E-state index in [1.165, 1.54) is 37.4 Å². The summed E-state index contributed by atoms with van der Waals surface area (Å²) in [6.07, 6.45) is 0. The maximum Gasteiger partial charge on any atom is 0.325 e. The average molecular weight is 386 g/mol. The summed E-state index contributed by atoms with van der Waals surface area (Å²) >= 11 is 11.6. The number of rotatable bonds is 6. The average Bonchev–Trinajstić information content (AvgIpc) is 2.60. The Balaban J connectivity index is 1.83. The van der Waals surface area contributed by atoms with Crippen LogP contribution < -0.4 is 10.1 Å². The van der Waals surface area contributed by atoms with Crippen LogP contribution >= 0.6 is 23.2 Å². The molecule has 8 heteroatoms. The summed E-state index contributed by atoms with van der Waals surface area (Å²) in [5, 5.41) is 2.96. The minimum absolute atomic E-state index is 0.101. The second kappa shape index (κ2) is 8.69. The van der Waals surface area contributed by atoms with Gasteiger partial charge in [0.25, 0.3) is 5.91 Å². The van der Waals surface area contributed by atoms with Gasteiger partial charge in [-0.05, 0) is 35.9 Å². The summed E-state index contributed by atoms with van der Waals surface area (Å²) in [5.41, 5.74) is 0.724. The van der Waals surface area contributed by atoms with Crippen LogP contribution in [-0.2, 0) is 16.1 Å². The Morgan fingerprint density at radius 3 is 2.52 bits per heavy atom. The SMILES string of the molecule is COc1ccc(COC(=O)CNC(=O)c2ccc(Cl)c(Cl)c2)cc1F. The predicted molar refractivity (Wildman–Crippen MR) is 91.5 cm³/mol. The molecule has 0 aliphatic heterocycles. The highest BCUT2D eigenvalue weighted by Crippen LogP contribution is 2.22. The molecular formula is C17H14Cl2FNO4. The third-order valence-corrected chi connectivity index (χ3v) is 3.93. The molecular weight excluding hydrogens is 372 g/mol. The van der Waals surface area contributed by atoms with Crippen molar-refractivity contribution in [2.75, 3.05) is 13.7 Å². The van der Waals surface area contributed by atoms with Gasteiger partial charge in [-0.1, -0.05) is 29.3 Å². The number of carbonyl (C=O) groups is 2. The number of amides is 1. The van der Waals surface area contributed by atoms with E-state index in [0.29, 0.717) is 10.6 Å². The van der Waals surface area contributed by atoms with E-state index >= 15 is 0 Å². The van der Waals surface area contributed by atoms with Crippen LogP contribution in [0.5, 0.6) is 5.75 Å². The molecule has 0 fully saturated rings. The zero-order valence-corrected chi connectivity index (χ0v) is 14.7. The molecule has 0 unspecified atom stereocenters. The Hall–Kier alpha value is -2.31. The molecule has 0 aliphatic rings. The molecule has 0 saturated heterocycles. The molecule has 25 heavy (non-hydrogen) atoms. The lowest BCUT2D eigenvalue weighted by molar-refractivity contribution is -0.143. The molecule has 0 heterocycles. The first-order valence-corrected chi connectivity index (χ1v) is 7.87. The number of ether oxygens (including phenoxy) is 2. The topological polar surface area (TPSA) is 64.6 Å². The summed E-state index contributed by atoms with van der Waals surface area (Å²) in [7, 11) is 1.36. The molecule has 5 nitrogen and oxygen atoms in total. The van der Waals surface area contributed by atoms with Crippen LogP contribution in [0.15, 0.2) is 36.4 Å². The molecule has 0 aromatic heterocycles. The quantitative estimate of drug-likeness (QED) is 0.771. The lowest BCUT2D eigenvalue weighted by Gasteiger charge is -2.08. The van der Waals surface area contributed by atoms with Crippen LogP contribution in [0.3, 0.4) is 0 Å². The first-order valence-electron chi connectivity index (χ1n) is 7.12. The highest BCUT2D eigenvalue weighted by atomic mass is 35.5. The van der Waals surface area contributed by atoms with Gasteiger partial charge in [-0.15, -0.1) is 0 Å². The van der Waals surface area contributed by atoms with Gasteiger partial charge >= 0.3 is 5.97 Å². The fourth-order valence-electron chi connectivity index (χ4n) is 1.91. The Morgan fingerprint density at radius 1 is 1.12 bits per heavy atom. The summed E-state index contributed by atoms with van der Waals surface area (Å²) in [5.74, 6) is -1.61. The molecule has 0 spiro atoms. The zero-order valence-electron chi connectivity index (χ0n) is 13.1. The van der Waals surface area contributed by atoms with Gasteiger partial charge in [0.2, 0.25) is 0 Å². The number of hydrogen-bond acceptors (Lipinski definition) is 4. The second-order valence-electron chi connectivity index (χ2n) is 4.94. The molecule has 0 bridgehead atoms. The molecule has 2 rings (SSSR count). The van der Waals surface area contributed by atoms with Crippen molar-refractivity contribution in [1.29, 1.82) is 0 Å². The van der Waals surface area contributed by atoms with Crippen LogP contribution in [0.4, 0.5) is 4.39 Å². The Bertz CT molecular complexity index is 798. The summed E-state index contributed by atoms with van der Waals surface area (Å²) in [4.78, 5) is 23.6. The van der Waals surface area contributed by atoms with Crippen molar-refractivity contribution in [3.63, 3.8) is 0 Å². The minimum Gasteiger partial charge on any atom is -0.494 e. The molecule has 0 saturated carbocycles. The van der Waals surface area contributed by atoms with Crippen molar-refractivity contribution >= 4 is 35.1 Å². The monoisotopic (exact) mass is 385 g/mol. The van der Waals surface area contributed by atoms with E-state index in [2.05, 4.69) is 5.32 Å². The van der Waals surface area contributed by atoms with Crippen molar-refractivity contribution in [3.05, 3.63) is 63.4 Å². The second-order valence-corrected chi connectivity index (χ2v) is 5.76. The van der Waals surface area contributed by atoms with Gasteiger partial charge in [-0.25, -0.2) is 4.39 Å². The van der Waals surface area contributed by atoms with Gasteiger partial charge in [0, 0.05) is 5.56 Å². The van der Waals surface area contributed by atoms with Crippen LogP contribution in [0.25, 0.3) is 0 Å². The Labute approximate surface area is 153 Å². The molecule has 0 radical (unpaired) electrons. The third-order valence-electron chi connectivity index (χ3n) is 3.19. The van der Waals surface area contributed by atoms with Crippen LogP contribution in [-0.4, -0.2) is 25.5 Å². The van der Waals surface area contributed by atoms with Gasteiger partial charge in [0.15, 0.2) is 11.6 Å². The largest absolute Gasteiger partial charge is 0.494 e. The smallest absolute Gasteiger partial charge is 0.325 e. The van der Waals surface area contributed by atoms with E-state index in [1.807, 2.05) is 0 Å². The number of esters is 1. The van der Waals surface area contributed by atoms with Gasteiger partial charge in [0.1, 0.15) is 13.2 Å². The van der Waals surface area contributed by atoms with E-state index in [0.717, 1.165) is 0 Å². The predicted octanol–water partition coefficient (Wildman–Crippen LogP) is 3.61. The van der Waals surface area contributed by atoms with E-state index < -0.39 is 17.7 Å². The highest BCUT2D eigenvalue weighted by molar-refractivity contribution is 6.42. The van der Waals surface area contributed by atoms with E-state index in [1.54, 1.807) is 6.07 Å². The minimum atomic E-state index is -0.662. The van der Waals surface area contributed by atoms with Crippen molar-refractivity contribution in [1.82, 2.24) is 5.32 Å². The summed E-state index contributed by atoms with van der Waals surface area (Å²) in [6.45, 7) is -0.458.